The fourth-order valence-corrected chi connectivity index (χ4v) is 2.95. The third-order valence-corrected chi connectivity index (χ3v) is 4.61. The lowest BCUT2D eigenvalue weighted by atomic mass is 10.0. The Balaban J connectivity index is 3.34. The van der Waals surface area contributed by atoms with Gasteiger partial charge in [-0.2, -0.15) is 0 Å². The van der Waals surface area contributed by atoms with E-state index in [1.54, 1.807) is 0 Å². The number of hydrogen-bond donors (Lipinski definition) is 3. The first kappa shape index (κ1) is 25.1. The molecule has 2 atom stereocenters. The molecule has 0 radical (unpaired) electrons. The molecule has 0 amide bonds. The molecule has 0 saturated carbocycles. The standard InChI is InChI=1S/C21H40O5/c1-2-18-26-21(25)20(24)19(23)16-14-12-10-8-6-4-3-5-7-9-11-13-15-17-22/h2,19-20,22-24H,1,3-18H2. The second-order valence-electron chi connectivity index (χ2n) is 7.04. The lowest BCUT2D eigenvalue weighted by Crippen LogP contribution is -2.35. The Morgan fingerprint density at radius 3 is 1.65 bits per heavy atom. The minimum Gasteiger partial charge on any atom is -0.459 e. The number of ether oxygens (including phenoxy) is 1. The first-order chi connectivity index (χ1) is 12.6. The van der Waals surface area contributed by atoms with Gasteiger partial charge in [0.05, 0.1) is 6.10 Å². The third kappa shape index (κ3) is 15.4. The van der Waals surface area contributed by atoms with E-state index in [1.165, 1.54) is 57.4 Å². The molecule has 0 aliphatic heterocycles. The Kier molecular flexibility index (Phi) is 18.2. The van der Waals surface area contributed by atoms with E-state index in [1.807, 2.05) is 0 Å². The van der Waals surface area contributed by atoms with Gasteiger partial charge in [-0.3, -0.25) is 0 Å². The zero-order chi connectivity index (χ0) is 19.5. The van der Waals surface area contributed by atoms with Crippen molar-refractivity contribution in [3.05, 3.63) is 12.7 Å². The summed E-state index contributed by atoms with van der Waals surface area (Å²) in [6.45, 7) is 3.80. The SMILES string of the molecule is C=CCOC(=O)C(O)C(O)CCCCCCCCCCCCCCCO. The number of unbranched alkanes of at least 4 members (excludes halogenated alkanes) is 12. The number of rotatable bonds is 19. The Bertz CT molecular complexity index is 332. The van der Waals surface area contributed by atoms with Crippen LogP contribution in [0.1, 0.15) is 89.9 Å². The summed E-state index contributed by atoms with van der Waals surface area (Å²) in [6.07, 6.45) is 14.6. The van der Waals surface area contributed by atoms with Gasteiger partial charge in [0.2, 0.25) is 0 Å². The van der Waals surface area contributed by atoms with Gasteiger partial charge >= 0.3 is 5.97 Å². The number of hydrogen-bond acceptors (Lipinski definition) is 5. The summed E-state index contributed by atoms with van der Waals surface area (Å²) in [7, 11) is 0. The number of carbonyl (C=O) groups excluding carboxylic acids is 1. The van der Waals surface area contributed by atoms with Gasteiger partial charge in [0.1, 0.15) is 6.61 Å². The Morgan fingerprint density at radius 2 is 1.23 bits per heavy atom. The van der Waals surface area contributed by atoms with Crippen LogP contribution in [0.5, 0.6) is 0 Å². The summed E-state index contributed by atoms with van der Waals surface area (Å²) in [6, 6.07) is 0. The first-order valence-electron chi connectivity index (χ1n) is 10.4. The molecule has 0 bridgehead atoms. The van der Waals surface area contributed by atoms with E-state index >= 15 is 0 Å². The highest BCUT2D eigenvalue weighted by Crippen LogP contribution is 2.14. The van der Waals surface area contributed by atoms with Crippen molar-refractivity contribution in [1.29, 1.82) is 0 Å². The topological polar surface area (TPSA) is 87.0 Å². The maximum absolute atomic E-state index is 11.4. The van der Waals surface area contributed by atoms with Crippen molar-refractivity contribution in [1.82, 2.24) is 0 Å². The summed E-state index contributed by atoms with van der Waals surface area (Å²) < 4.78 is 4.72. The van der Waals surface area contributed by atoms with Crippen molar-refractivity contribution in [3.8, 4) is 0 Å². The molecule has 2 unspecified atom stereocenters. The summed E-state index contributed by atoms with van der Waals surface area (Å²) in [5.74, 6) is -0.786. The van der Waals surface area contributed by atoms with Gasteiger partial charge in [-0.15, -0.1) is 0 Å². The molecule has 3 N–H and O–H groups in total. The Hall–Kier alpha value is -0.910. The molecule has 0 heterocycles. The van der Waals surface area contributed by atoms with Crippen LogP contribution in [0.25, 0.3) is 0 Å². The summed E-state index contributed by atoms with van der Waals surface area (Å²) in [4.78, 5) is 11.4. The van der Waals surface area contributed by atoms with Crippen LogP contribution in [-0.2, 0) is 9.53 Å². The van der Waals surface area contributed by atoms with E-state index in [0.717, 1.165) is 32.1 Å². The Labute approximate surface area is 159 Å². The molecule has 26 heavy (non-hydrogen) atoms. The largest absolute Gasteiger partial charge is 0.459 e. The minimum atomic E-state index is -1.46. The molecule has 0 rings (SSSR count). The molecule has 0 aliphatic rings. The van der Waals surface area contributed by atoms with Crippen LogP contribution in [0.3, 0.4) is 0 Å². The highest BCUT2D eigenvalue weighted by molar-refractivity contribution is 5.75. The molecule has 0 aliphatic carbocycles. The van der Waals surface area contributed by atoms with Crippen LogP contribution >= 0.6 is 0 Å². The lowest BCUT2D eigenvalue weighted by molar-refractivity contribution is -0.158. The highest BCUT2D eigenvalue weighted by atomic mass is 16.5. The van der Waals surface area contributed by atoms with Crippen molar-refractivity contribution < 1.29 is 24.9 Å². The predicted molar refractivity (Wildman–Crippen MR) is 105 cm³/mol. The molecule has 0 aromatic rings. The number of aliphatic hydroxyl groups is 3. The van der Waals surface area contributed by atoms with Crippen LogP contribution in [0, 0.1) is 0 Å². The van der Waals surface area contributed by atoms with Gasteiger partial charge in [-0.25, -0.2) is 4.79 Å². The molecule has 0 fully saturated rings. The normalized spacial score (nSPS) is 13.3. The monoisotopic (exact) mass is 372 g/mol. The van der Waals surface area contributed by atoms with E-state index in [-0.39, 0.29) is 6.61 Å². The van der Waals surface area contributed by atoms with Gasteiger partial charge in [0.15, 0.2) is 6.10 Å². The highest BCUT2D eigenvalue weighted by Gasteiger charge is 2.24. The number of esters is 1. The average Bonchev–Trinajstić information content (AvgIpc) is 2.65. The third-order valence-electron chi connectivity index (χ3n) is 4.61. The van der Waals surface area contributed by atoms with Crippen molar-refractivity contribution >= 4 is 5.97 Å². The predicted octanol–water partition coefficient (Wildman–Crippen LogP) is 3.89. The molecule has 154 valence electrons. The smallest absolute Gasteiger partial charge is 0.338 e. The van der Waals surface area contributed by atoms with Gasteiger partial charge in [0, 0.05) is 6.61 Å². The van der Waals surface area contributed by atoms with E-state index in [0.29, 0.717) is 13.0 Å². The van der Waals surface area contributed by atoms with Crippen LogP contribution in [0.4, 0.5) is 0 Å². The van der Waals surface area contributed by atoms with Crippen molar-refractivity contribution in [3.63, 3.8) is 0 Å². The van der Waals surface area contributed by atoms with Crippen molar-refractivity contribution in [2.24, 2.45) is 0 Å². The second kappa shape index (κ2) is 18.9. The second-order valence-corrected chi connectivity index (χ2v) is 7.04. The lowest BCUT2D eigenvalue weighted by Gasteiger charge is -2.16. The minimum absolute atomic E-state index is 0.0479. The van der Waals surface area contributed by atoms with Crippen LogP contribution in [0.2, 0.25) is 0 Å². The van der Waals surface area contributed by atoms with Gasteiger partial charge < -0.3 is 20.1 Å². The summed E-state index contributed by atoms with van der Waals surface area (Å²) in [5, 5.41) is 28.1. The van der Waals surface area contributed by atoms with Crippen molar-refractivity contribution in [2.45, 2.75) is 102 Å². The zero-order valence-corrected chi connectivity index (χ0v) is 16.4. The number of aliphatic hydroxyl groups excluding tert-OH is 3. The fraction of sp³-hybridized carbons (Fsp3) is 0.857. The van der Waals surface area contributed by atoms with Gasteiger partial charge in [-0.05, 0) is 12.8 Å². The summed E-state index contributed by atoms with van der Waals surface area (Å²) >= 11 is 0. The average molecular weight is 373 g/mol. The first-order valence-corrected chi connectivity index (χ1v) is 10.4. The fourth-order valence-electron chi connectivity index (χ4n) is 2.95. The van der Waals surface area contributed by atoms with E-state index in [9.17, 15) is 15.0 Å². The molecule has 0 saturated heterocycles. The summed E-state index contributed by atoms with van der Waals surface area (Å²) in [5.41, 5.74) is 0. The molecular formula is C21H40O5. The Morgan fingerprint density at radius 1 is 0.808 bits per heavy atom. The number of carbonyl (C=O) groups is 1. The van der Waals surface area contributed by atoms with E-state index in [2.05, 4.69) is 6.58 Å². The molecule has 0 spiro atoms. The molecule has 0 aromatic heterocycles. The van der Waals surface area contributed by atoms with Gasteiger partial charge in [0.25, 0.3) is 0 Å². The van der Waals surface area contributed by atoms with Gasteiger partial charge in [-0.1, -0.05) is 89.7 Å². The molecular weight excluding hydrogens is 332 g/mol. The molecule has 5 heteroatoms. The molecule has 0 aromatic carbocycles. The van der Waals surface area contributed by atoms with Crippen molar-refractivity contribution in [2.75, 3.05) is 13.2 Å². The quantitative estimate of drug-likeness (QED) is 0.182. The maximum atomic E-state index is 11.4. The van der Waals surface area contributed by atoms with Crippen LogP contribution in [-0.4, -0.2) is 46.7 Å². The van der Waals surface area contributed by atoms with Crippen LogP contribution in [0.15, 0.2) is 12.7 Å². The zero-order valence-electron chi connectivity index (χ0n) is 16.4. The van der Waals surface area contributed by atoms with E-state index < -0.39 is 18.2 Å². The van der Waals surface area contributed by atoms with Crippen LogP contribution < -0.4 is 0 Å². The molecule has 5 nitrogen and oxygen atoms in total. The van der Waals surface area contributed by atoms with E-state index in [4.69, 9.17) is 9.84 Å². The maximum Gasteiger partial charge on any atom is 0.338 e.